The number of methoxy groups -OCH3 is 1. The van der Waals surface area contributed by atoms with Gasteiger partial charge >= 0.3 is 0 Å². The van der Waals surface area contributed by atoms with Crippen LogP contribution in [-0.2, 0) is 9.47 Å². The van der Waals surface area contributed by atoms with E-state index in [-0.39, 0.29) is 17.3 Å². The molecule has 0 N–H and O–H groups in total. The standard InChI is InChI=1S/C23H38N2O3/c1-22(2,3)27-15-18-17(20(26-7)14-25(18)6)13-23(4,5)28-19-9-8-12-24-21(19)16-10-11-16/h8-9,12,16-18,20H,10-11,13-15H2,1-7H3/t17?,18-,20-/m1/s1. The Morgan fingerprint density at radius 1 is 1.18 bits per heavy atom. The first-order valence-electron chi connectivity index (χ1n) is 10.6. The summed E-state index contributed by atoms with van der Waals surface area (Å²) in [4.78, 5) is 6.97. The second kappa shape index (κ2) is 8.29. The Bertz CT molecular complexity index is 651. The highest BCUT2D eigenvalue weighted by Gasteiger charge is 2.44. The highest BCUT2D eigenvalue weighted by Crippen LogP contribution is 2.44. The van der Waals surface area contributed by atoms with Crippen LogP contribution in [0.4, 0.5) is 0 Å². The van der Waals surface area contributed by atoms with E-state index in [1.54, 1.807) is 0 Å². The van der Waals surface area contributed by atoms with Crippen molar-refractivity contribution in [2.45, 2.75) is 83.1 Å². The van der Waals surface area contributed by atoms with Crippen LogP contribution in [0.1, 0.15) is 65.5 Å². The zero-order valence-corrected chi connectivity index (χ0v) is 18.7. The lowest BCUT2D eigenvalue weighted by molar-refractivity contribution is -0.0437. The van der Waals surface area contributed by atoms with Crippen molar-refractivity contribution in [3.05, 3.63) is 24.0 Å². The molecule has 2 fully saturated rings. The molecule has 1 aliphatic carbocycles. The summed E-state index contributed by atoms with van der Waals surface area (Å²) >= 11 is 0. The molecule has 5 heteroatoms. The molecular weight excluding hydrogens is 352 g/mol. The molecule has 2 heterocycles. The van der Waals surface area contributed by atoms with E-state index in [2.05, 4.69) is 57.6 Å². The van der Waals surface area contributed by atoms with Crippen molar-refractivity contribution in [2.75, 3.05) is 27.3 Å². The van der Waals surface area contributed by atoms with Crippen LogP contribution in [0.2, 0.25) is 0 Å². The van der Waals surface area contributed by atoms with Gasteiger partial charge in [-0.25, -0.2) is 0 Å². The first-order valence-corrected chi connectivity index (χ1v) is 10.6. The molecule has 1 saturated heterocycles. The normalized spacial score (nSPS) is 26.6. The highest BCUT2D eigenvalue weighted by molar-refractivity contribution is 5.33. The Kier molecular flexibility index (Phi) is 6.38. The van der Waals surface area contributed by atoms with Crippen molar-refractivity contribution in [2.24, 2.45) is 5.92 Å². The van der Waals surface area contributed by atoms with Crippen LogP contribution in [0.15, 0.2) is 18.3 Å². The van der Waals surface area contributed by atoms with Gasteiger partial charge in [-0.05, 0) is 73.1 Å². The molecule has 1 aromatic rings. The molecule has 0 bridgehead atoms. The molecule has 0 amide bonds. The van der Waals surface area contributed by atoms with Crippen LogP contribution in [0.3, 0.4) is 0 Å². The molecule has 3 rings (SSSR count). The van der Waals surface area contributed by atoms with Gasteiger partial charge in [-0.2, -0.15) is 0 Å². The van der Waals surface area contributed by atoms with Gasteiger partial charge in [-0.3, -0.25) is 9.88 Å². The van der Waals surface area contributed by atoms with Crippen LogP contribution < -0.4 is 4.74 Å². The number of likely N-dealkylation sites (N-methyl/N-ethyl adjacent to an activating group) is 1. The molecule has 0 spiro atoms. The van der Waals surface area contributed by atoms with E-state index in [9.17, 15) is 0 Å². The quantitative estimate of drug-likeness (QED) is 0.663. The van der Waals surface area contributed by atoms with E-state index in [0.29, 0.717) is 24.5 Å². The topological polar surface area (TPSA) is 43.8 Å². The minimum absolute atomic E-state index is 0.141. The van der Waals surface area contributed by atoms with Gasteiger partial charge in [0.1, 0.15) is 11.4 Å². The summed E-state index contributed by atoms with van der Waals surface area (Å²) in [5, 5.41) is 0. The molecule has 5 nitrogen and oxygen atoms in total. The van der Waals surface area contributed by atoms with Gasteiger partial charge in [0.25, 0.3) is 0 Å². The van der Waals surface area contributed by atoms with Crippen molar-refractivity contribution in [1.82, 2.24) is 9.88 Å². The van der Waals surface area contributed by atoms with Gasteiger partial charge in [-0.15, -0.1) is 0 Å². The number of likely N-dealkylation sites (tertiary alicyclic amines) is 1. The molecule has 1 saturated carbocycles. The van der Waals surface area contributed by atoms with Gasteiger partial charge in [0.05, 0.1) is 24.0 Å². The third kappa shape index (κ3) is 5.46. The maximum absolute atomic E-state index is 6.54. The number of rotatable bonds is 8. The molecule has 1 aromatic heterocycles. The van der Waals surface area contributed by atoms with Crippen molar-refractivity contribution >= 4 is 0 Å². The molecule has 0 aromatic carbocycles. The molecule has 1 unspecified atom stereocenters. The van der Waals surface area contributed by atoms with E-state index >= 15 is 0 Å². The summed E-state index contributed by atoms with van der Waals surface area (Å²) in [6, 6.07) is 4.36. The lowest BCUT2D eigenvalue weighted by Gasteiger charge is -2.35. The second-order valence-electron chi connectivity index (χ2n) is 10.1. The monoisotopic (exact) mass is 390 g/mol. The maximum Gasteiger partial charge on any atom is 0.141 e. The van der Waals surface area contributed by atoms with Gasteiger partial charge in [0, 0.05) is 37.7 Å². The summed E-state index contributed by atoms with van der Waals surface area (Å²) in [6.07, 6.45) is 5.42. The summed E-state index contributed by atoms with van der Waals surface area (Å²) in [5.41, 5.74) is 0.673. The molecule has 3 atom stereocenters. The molecule has 28 heavy (non-hydrogen) atoms. The third-order valence-corrected chi connectivity index (χ3v) is 5.87. The Morgan fingerprint density at radius 2 is 1.89 bits per heavy atom. The van der Waals surface area contributed by atoms with Crippen molar-refractivity contribution < 1.29 is 14.2 Å². The third-order valence-electron chi connectivity index (χ3n) is 5.87. The SMILES string of the molecule is CO[C@@H]1CN(C)[C@H](COC(C)(C)C)C1CC(C)(C)Oc1cccnc1C1CC1. The molecule has 158 valence electrons. The predicted octanol–water partition coefficient (Wildman–Crippen LogP) is 4.27. The molecule has 2 aliphatic rings. The number of hydrogen-bond acceptors (Lipinski definition) is 5. The first kappa shape index (κ1) is 21.5. The van der Waals surface area contributed by atoms with E-state index in [1.165, 1.54) is 12.8 Å². The minimum Gasteiger partial charge on any atom is -0.486 e. The van der Waals surface area contributed by atoms with E-state index in [1.807, 2.05) is 19.4 Å². The second-order valence-corrected chi connectivity index (χ2v) is 10.1. The average molecular weight is 391 g/mol. The van der Waals surface area contributed by atoms with Crippen LogP contribution >= 0.6 is 0 Å². The van der Waals surface area contributed by atoms with Crippen molar-refractivity contribution in [3.8, 4) is 5.75 Å². The lowest BCUT2D eigenvalue weighted by Crippen LogP contribution is -2.42. The van der Waals surface area contributed by atoms with E-state index in [0.717, 1.165) is 24.4 Å². The molecule has 0 radical (unpaired) electrons. The van der Waals surface area contributed by atoms with E-state index < -0.39 is 0 Å². The fraction of sp³-hybridized carbons (Fsp3) is 0.783. The smallest absolute Gasteiger partial charge is 0.141 e. The van der Waals surface area contributed by atoms with Gasteiger partial charge in [-0.1, -0.05) is 0 Å². The Hall–Kier alpha value is -1.17. The fourth-order valence-corrected chi connectivity index (χ4v) is 4.29. The Morgan fingerprint density at radius 3 is 2.50 bits per heavy atom. The molecular formula is C23H38N2O3. The van der Waals surface area contributed by atoms with Crippen LogP contribution in [0.5, 0.6) is 5.75 Å². The number of ether oxygens (including phenoxy) is 3. The number of nitrogens with zero attached hydrogens (tertiary/aromatic N) is 2. The van der Waals surface area contributed by atoms with Crippen LogP contribution in [-0.4, -0.2) is 60.5 Å². The first-order chi connectivity index (χ1) is 13.1. The summed E-state index contributed by atoms with van der Waals surface area (Å²) in [6.45, 7) is 12.3. The highest BCUT2D eigenvalue weighted by atomic mass is 16.5. The summed E-state index contributed by atoms with van der Waals surface area (Å²) in [7, 11) is 3.99. The van der Waals surface area contributed by atoms with Crippen LogP contribution in [0, 0.1) is 5.92 Å². The predicted molar refractivity (Wildman–Crippen MR) is 112 cm³/mol. The summed E-state index contributed by atoms with van der Waals surface area (Å²) in [5.74, 6) is 1.87. The van der Waals surface area contributed by atoms with Gasteiger partial charge in [0.15, 0.2) is 0 Å². The van der Waals surface area contributed by atoms with Gasteiger partial charge in [0.2, 0.25) is 0 Å². The zero-order valence-electron chi connectivity index (χ0n) is 18.7. The Balaban J connectivity index is 1.72. The fourth-order valence-electron chi connectivity index (χ4n) is 4.29. The van der Waals surface area contributed by atoms with Crippen molar-refractivity contribution in [3.63, 3.8) is 0 Å². The van der Waals surface area contributed by atoms with E-state index in [4.69, 9.17) is 14.2 Å². The van der Waals surface area contributed by atoms with Gasteiger partial charge < -0.3 is 14.2 Å². The minimum atomic E-state index is -0.306. The zero-order chi connectivity index (χ0) is 20.5. The number of aromatic nitrogens is 1. The largest absolute Gasteiger partial charge is 0.486 e. The summed E-state index contributed by atoms with van der Waals surface area (Å²) < 4.78 is 18.6. The number of pyridine rings is 1. The maximum atomic E-state index is 6.54. The average Bonchev–Trinajstić information content (AvgIpc) is 3.38. The van der Waals surface area contributed by atoms with Crippen LogP contribution in [0.25, 0.3) is 0 Å². The number of hydrogen-bond donors (Lipinski definition) is 0. The van der Waals surface area contributed by atoms with Crippen molar-refractivity contribution in [1.29, 1.82) is 0 Å². The molecule has 1 aliphatic heterocycles. The Labute approximate surface area is 170 Å². The lowest BCUT2D eigenvalue weighted by atomic mass is 9.86.